The molecule has 1 aromatic heterocycles. The average molecular weight is 433 g/mol. The van der Waals surface area contributed by atoms with Crippen LogP contribution in [0.25, 0.3) is 22.7 Å². The monoisotopic (exact) mass is 432 g/mol. The lowest BCUT2D eigenvalue weighted by molar-refractivity contribution is -0.384. The molecule has 154 valence electrons. The summed E-state index contributed by atoms with van der Waals surface area (Å²) < 4.78 is 0. The first-order chi connectivity index (χ1) is 15.0. The number of nitrogens with one attached hydrogen (secondary N) is 2. The number of imidazole rings is 1. The Morgan fingerprint density at radius 2 is 1.84 bits per heavy atom. The molecule has 0 bridgehead atoms. The van der Waals surface area contributed by atoms with Gasteiger partial charge in [0.1, 0.15) is 10.8 Å². The van der Waals surface area contributed by atoms with Crippen molar-refractivity contribution in [2.24, 2.45) is 0 Å². The van der Waals surface area contributed by atoms with Crippen LogP contribution in [0.2, 0.25) is 5.02 Å². The molecule has 0 saturated heterocycles. The SMILES string of the molecule is O=C(NCc1ccccc1)/C(=C/c1ccc(Cl)c([N+](=O)[O-])c1)c1nc2ccccc2[nH]1. The van der Waals surface area contributed by atoms with E-state index < -0.39 is 4.92 Å². The zero-order valence-electron chi connectivity index (χ0n) is 16.2. The molecule has 0 aliphatic carbocycles. The molecule has 0 radical (unpaired) electrons. The largest absolute Gasteiger partial charge is 0.348 e. The summed E-state index contributed by atoms with van der Waals surface area (Å²) in [6.45, 7) is 0.331. The van der Waals surface area contributed by atoms with Crippen LogP contribution in [0.4, 0.5) is 5.69 Å². The average Bonchev–Trinajstić information content (AvgIpc) is 3.21. The van der Waals surface area contributed by atoms with Crippen molar-refractivity contribution in [3.8, 4) is 0 Å². The summed E-state index contributed by atoms with van der Waals surface area (Å²) in [5.74, 6) is 0.00452. The summed E-state index contributed by atoms with van der Waals surface area (Å²) in [7, 11) is 0. The Morgan fingerprint density at radius 3 is 2.58 bits per heavy atom. The molecule has 4 rings (SSSR count). The first-order valence-electron chi connectivity index (χ1n) is 9.44. The van der Waals surface area contributed by atoms with Crippen molar-refractivity contribution < 1.29 is 9.72 Å². The van der Waals surface area contributed by atoms with Crippen LogP contribution in [0.3, 0.4) is 0 Å². The summed E-state index contributed by atoms with van der Waals surface area (Å²) in [5, 5.41) is 14.2. The molecule has 1 amide bonds. The number of benzene rings is 3. The van der Waals surface area contributed by atoms with Gasteiger partial charge >= 0.3 is 0 Å². The van der Waals surface area contributed by atoms with E-state index in [1.807, 2.05) is 54.6 Å². The minimum atomic E-state index is -0.560. The second-order valence-electron chi connectivity index (χ2n) is 6.80. The van der Waals surface area contributed by atoms with Crippen LogP contribution >= 0.6 is 11.6 Å². The lowest BCUT2D eigenvalue weighted by Gasteiger charge is -2.08. The maximum Gasteiger partial charge on any atom is 0.288 e. The third kappa shape index (κ3) is 4.62. The highest BCUT2D eigenvalue weighted by atomic mass is 35.5. The fourth-order valence-corrected chi connectivity index (χ4v) is 3.31. The first kappa shape index (κ1) is 20.3. The van der Waals surface area contributed by atoms with Gasteiger partial charge in [-0.3, -0.25) is 14.9 Å². The summed E-state index contributed by atoms with van der Waals surface area (Å²) in [4.78, 5) is 31.4. The number of nitro benzene ring substituents is 1. The van der Waals surface area contributed by atoms with Gasteiger partial charge in [-0.2, -0.15) is 0 Å². The van der Waals surface area contributed by atoms with Crippen molar-refractivity contribution in [3.05, 3.63) is 105 Å². The van der Waals surface area contributed by atoms with Gasteiger partial charge in [-0.1, -0.05) is 60.1 Å². The molecule has 8 heteroatoms. The molecule has 0 saturated carbocycles. The minimum absolute atomic E-state index is 0.0287. The molecule has 2 N–H and O–H groups in total. The van der Waals surface area contributed by atoms with E-state index in [9.17, 15) is 14.9 Å². The van der Waals surface area contributed by atoms with Crippen molar-refractivity contribution in [3.63, 3.8) is 0 Å². The molecule has 0 spiro atoms. The number of aromatic nitrogens is 2. The normalized spacial score (nSPS) is 11.5. The summed E-state index contributed by atoms with van der Waals surface area (Å²) in [6, 6.07) is 21.3. The van der Waals surface area contributed by atoms with Crippen molar-refractivity contribution >= 4 is 45.9 Å². The topological polar surface area (TPSA) is 101 Å². The molecular formula is C23H17ClN4O3. The van der Waals surface area contributed by atoms with Crippen LogP contribution in [0, 0.1) is 10.1 Å². The van der Waals surface area contributed by atoms with Gasteiger partial charge in [0.15, 0.2) is 0 Å². The minimum Gasteiger partial charge on any atom is -0.348 e. The van der Waals surface area contributed by atoms with Crippen molar-refractivity contribution in [1.82, 2.24) is 15.3 Å². The molecule has 0 fully saturated rings. The molecule has 0 atom stereocenters. The van der Waals surface area contributed by atoms with Crippen LogP contribution in [0.15, 0.2) is 72.8 Å². The van der Waals surface area contributed by atoms with E-state index >= 15 is 0 Å². The van der Waals surface area contributed by atoms with Crippen molar-refractivity contribution in [2.45, 2.75) is 6.54 Å². The molecule has 31 heavy (non-hydrogen) atoms. The number of para-hydroxylation sites is 2. The first-order valence-corrected chi connectivity index (χ1v) is 9.82. The molecule has 0 aliphatic heterocycles. The van der Waals surface area contributed by atoms with Gasteiger partial charge in [0.25, 0.3) is 11.6 Å². The Balaban J connectivity index is 1.73. The molecule has 0 aliphatic rings. The van der Waals surface area contributed by atoms with E-state index in [1.165, 1.54) is 12.1 Å². The Morgan fingerprint density at radius 1 is 1.10 bits per heavy atom. The van der Waals surface area contributed by atoms with Gasteiger partial charge < -0.3 is 10.3 Å². The fourth-order valence-electron chi connectivity index (χ4n) is 3.12. The van der Waals surface area contributed by atoms with Gasteiger partial charge in [-0.05, 0) is 35.4 Å². The number of hydrogen-bond acceptors (Lipinski definition) is 4. The zero-order chi connectivity index (χ0) is 21.8. The number of H-pyrrole nitrogens is 1. The van der Waals surface area contributed by atoms with Crippen molar-refractivity contribution in [2.75, 3.05) is 0 Å². The molecule has 4 aromatic rings. The summed E-state index contributed by atoms with van der Waals surface area (Å²) in [6.07, 6.45) is 1.56. The van der Waals surface area contributed by atoms with Crippen LogP contribution < -0.4 is 5.32 Å². The highest BCUT2D eigenvalue weighted by molar-refractivity contribution is 6.32. The maximum atomic E-state index is 13.1. The van der Waals surface area contributed by atoms with E-state index in [-0.39, 0.29) is 22.2 Å². The summed E-state index contributed by atoms with van der Waals surface area (Å²) in [5.41, 5.74) is 2.92. The number of amides is 1. The predicted molar refractivity (Wildman–Crippen MR) is 120 cm³/mol. The maximum absolute atomic E-state index is 13.1. The number of nitro groups is 1. The van der Waals surface area contributed by atoms with Crippen LogP contribution in [-0.4, -0.2) is 20.8 Å². The Kier molecular flexibility index (Phi) is 5.77. The molecule has 1 heterocycles. The van der Waals surface area contributed by atoms with Crippen LogP contribution in [0.1, 0.15) is 17.0 Å². The van der Waals surface area contributed by atoms with Crippen LogP contribution in [-0.2, 0) is 11.3 Å². The number of carbonyl (C=O) groups is 1. The number of carbonyl (C=O) groups excluding carboxylic acids is 1. The van der Waals surface area contributed by atoms with Crippen molar-refractivity contribution in [1.29, 1.82) is 0 Å². The Labute approximate surface area is 182 Å². The van der Waals surface area contributed by atoms with Gasteiger partial charge in [-0.15, -0.1) is 0 Å². The zero-order valence-corrected chi connectivity index (χ0v) is 17.0. The lowest BCUT2D eigenvalue weighted by Crippen LogP contribution is -2.24. The second-order valence-corrected chi connectivity index (χ2v) is 7.20. The number of aromatic amines is 1. The molecular weight excluding hydrogens is 416 g/mol. The Hall–Kier alpha value is -3.97. The van der Waals surface area contributed by atoms with E-state index in [4.69, 9.17) is 11.6 Å². The quantitative estimate of drug-likeness (QED) is 0.255. The predicted octanol–water partition coefficient (Wildman–Crippen LogP) is 4.98. The highest BCUT2D eigenvalue weighted by Gasteiger charge is 2.18. The molecule has 0 unspecified atom stereocenters. The summed E-state index contributed by atoms with van der Waals surface area (Å²) >= 11 is 5.92. The third-order valence-electron chi connectivity index (χ3n) is 4.66. The van der Waals surface area contributed by atoms with E-state index in [1.54, 1.807) is 12.1 Å². The highest BCUT2D eigenvalue weighted by Crippen LogP contribution is 2.27. The molecule has 3 aromatic carbocycles. The van der Waals surface area contributed by atoms with E-state index in [0.29, 0.717) is 23.4 Å². The fraction of sp³-hybridized carbons (Fsp3) is 0.0435. The van der Waals surface area contributed by atoms with E-state index in [2.05, 4.69) is 15.3 Å². The van der Waals surface area contributed by atoms with E-state index in [0.717, 1.165) is 11.1 Å². The lowest BCUT2D eigenvalue weighted by atomic mass is 10.1. The van der Waals surface area contributed by atoms with Crippen LogP contribution in [0.5, 0.6) is 0 Å². The standard InChI is InChI=1S/C23H17ClN4O3/c24-18-11-10-16(13-21(18)28(30)31)12-17(22-26-19-8-4-5-9-20(19)27-22)23(29)25-14-15-6-2-1-3-7-15/h1-13H,14H2,(H,25,29)(H,26,27)/b17-12+. The molecule has 7 nitrogen and oxygen atoms in total. The number of fused-ring (bicyclic) bond motifs is 1. The third-order valence-corrected chi connectivity index (χ3v) is 4.98. The van der Waals surface area contributed by atoms with Gasteiger partial charge in [-0.25, -0.2) is 4.98 Å². The van der Waals surface area contributed by atoms with Gasteiger partial charge in [0.2, 0.25) is 0 Å². The van der Waals surface area contributed by atoms with Gasteiger partial charge in [0, 0.05) is 12.6 Å². The number of hydrogen-bond donors (Lipinski definition) is 2. The smallest absolute Gasteiger partial charge is 0.288 e. The number of nitrogens with zero attached hydrogens (tertiary/aromatic N) is 2. The number of rotatable bonds is 6. The van der Waals surface area contributed by atoms with Gasteiger partial charge in [0.05, 0.1) is 21.5 Å². The number of halogens is 1. The Bertz CT molecular complexity index is 1270. The second kappa shape index (κ2) is 8.81.